The summed E-state index contributed by atoms with van der Waals surface area (Å²) < 4.78 is 0. The van der Waals surface area contributed by atoms with E-state index in [4.69, 9.17) is 0 Å². The lowest BCUT2D eigenvalue weighted by atomic mass is 10.1. The van der Waals surface area contributed by atoms with Gasteiger partial charge in [-0.25, -0.2) is 0 Å². The van der Waals surface area contributed by atoms with E-state index in [2.05, 4.69) is 34.4 Å². The summed E-state index contributed by atoms with van der Waals surface area (Å²) in [6.07, 6.45) is 7.62. The largest absolute Gasteiger partial charge is 0.317 e. The lowest BCUT2D eigenvalue weighted by Crippen LogP contribution is -2.31. The maximum absolute atomic E-state index is 4.05. The highest BCUT2D eigenvalue weighted by atomic mass is 15.1. The number of aromatic nitrogens is 1. The molecule has 88 valence electrons. The van der Waals surface area contributed by atoms with Gasteiger partial charge in [0.1, 0.15) is 0 Å². The molecule has 1 aromatic heterocycles. The van der Waals surface area contributed by atoms with Gasteiger partial charge in [0.2, 0.25) is 0 Å². The molecule has 2 rings (SSSR count). The Bertz CT molecular complexity index is 291. The number of hydrogen-bond donors (Lipinski definition) is 1. The molecule has 1 aliphatic rings. The molecular weight excluding hydrogens is 198 g/mol. The van der Waals surface area contributed by atoms with E-state index in [1.54, 1.807) is 0 Å². The van der Waals surface area contributed by atoms with Gasteiger partial charge in [-0.2, -0.15) is 0 Å². The predicted octanol–water partition coefficient (Wildman–Crippen LogP) is 1.66. The molecule has 1 N–H and O–H groups in total. The van der Waals surface area contributed by atoms with Crippen LogP contribution in [-0.2, 0) is 6.54 Å². The van der Waals surface area contributed by atoms with E-state index in [9.17, 15) is 0 Å². The molecule has 1 fully saturated rings. The number of nitrogens with one attached hydrogen (secondary N) is 1. The molecule has 0 aliphatic carbocycles. The molecule has 1 saturated heterocycles. The van der Waals surface area contributed by atoms with Gasteiger partial charge < -0.3 is 5.32 Å². The summed E-state index contributed by atoms with van der Waals surface area (Å²) in [5.41, 5.74) is 1.36. The quantitative estimate of drug-likeness (QED) is 0.838. The van der Waals surface area contributed by atoms with E-state index >= 15 is 0 Å². The number of rotatable bonds is 3. The lowest BCUT2D eigenvalue weighted by molar-refractivity contribution is 0.216. The molecule has 2 heterocycles. The van der Waals surface area contributed by atoms with Crippen molar-refractivity contribution in [1.82, 2.24) is 15.2 Å². The fourth-order valence-electron chi connectivity index (χ4n) is 2.35. The zero-order chi connectivity index (χ0) is 11.2. The van der Waals surface area contributed by atoms with Crippen LogP contribution in [0.3, 0.4) is 0 Å². The zero-order valence-corrected chi connectivity index (χ0v) is 10.0. The predicted molar refractivity (Wildman–Crippen MR) is 66.2 cm³/mol. The van der Waals surface area contributed by atoms with Crippen LogP contribution in [-0.4, -0.2) is 36.1 Å². The Morgan fingerprint density at radius 3 is 2.94 bits per heavy atom. The van der Waals surface area contributed by atoms with Crippen LogP contribution in [0.2, 0.25) is 0 Å². The molecule has 1 aliphatic heterocycles. The maximum atomic E-state index is 4.05. The van der Waals surface area contributed by atoms with Crippen molar-refractivity contribution in [2.24, 2.45) is 0 Å². The Hall–Kier alpha value is -0.930. The molecule has 1 aromatic rings. The Labute approximate surface area is 97.9 Å². The Kier molecular flexibility index (Phi) is 4.31. The fourth-order valence-corrected chi connectivity index (χ4v) is 2.35. The third kappa shape index (κ3) is 3.29. The highest BCUT2D eigenvalue weighted by Crippen LogP contribution is 2.14. The fraction of sp³-hybridized carbons (Fsp3) is 0.615. The van der Waals surface area contributed by atoms with Crippen LogP contribution in [0.4, 0.5) is 0 Å². The lowest BCUT2D eigenvalue weighted by Gasteiger charge is -2.26. The first-order valence-corrected chi connectivity index (χ1v) is 6.16. The molecule has 3 nitrogen and oxygen atoms in total. The minimum Gasteiger partial charge on any atom is -0.317 e. The van der Waals surface area contributed by atoms with Crippen molar-refractivity contribution in [2.75, 3.05) is 20.1 Å². The zero-order valence-electron chi connectivity index (χ0n) is 10.0. The van der Waals surface area contributed by atoms with E-state index in [0.717, 1.165) is 19.1 Å². The first-order chi connectivity index (χ1) is 7.86. The van der Waals surface area contributed by atoms with Crippen molar-refractivity contribution >= 4 is 0 Å². The van der Waals surface area contributed by atoms with Gasteiger partial charge in [0.05, 0.1) is 0 Å². The molecule has 0 spiro atoms. The molecule has 0 aromatic carbocycles. The second kappa shape index (κ2) is 5.97. The van der Waals surface area contributed by atoms with Gasteiger partial charge in [-0.15, -0.1) is 0 Å². The van der Waals surface area contributed by atoms with Crippen molar-refractivity contribution in [2.45, 2.75) is 31.8 Å². The second-order valence-corrected chi connectivity index (χ2v) is 4.61. The summed E-state index contributed by atoms with van der Waals surface area (Å²) in [4.78, 5) is 6.53. The molecule has 0 radical (unpaired) electrons. The van der Waals surface area contributed by atoms with Crippen LogP contribution < -0.4 is 5.32 Å². The van der Waals surface area contributed by atoms with Gasteiger partial charge in [0, 0.05) is 25.0 Å². The third-order valence-electron chi connectivity index (χ3n) is 3.35. The Balaban J connectivity index is 1.89. The third-order valence-corrected chi connectivity index (χ3v) is 3.35. The van der Waals surface area contributed by atoms with Crippen molar-refractivity contribution in [3.63, 3.8) is 0 Å². The van der Waals surface area contributed by atoms with Crippen molar-refractivity contribution in [1.29, 1.82) is 0 Å². The van der Waals surface area contributed by atoms with E-state index in [1.807, 2.05) is 12.4 Å². The van der Waals surface area contributed by atoms with Gasteiger partial charge in [-0.3, -0.25) is 9.88 Å². The summed E-state index contributed by atoms with van der Waals surface area (Å²) in [7, 11) is 2.23. The molecule has 3 heteroatoms. The Morgan fingerprint density at radius 1 is 1.31 bits per heavy atom. The van der Waals surface area contributed by atoms with Gasteiger partial charge in [-0.1, -0.05) is 0 Å². The maximum Gasteiger partial charge on any atom is 0.0271 e. The monoisotopic (exact) mass is 219 g/mol. The summed E-state index contributed by atoms with van der Waals surface area (Å²) >= 11 is 0. The Morgan fingerprint density at radius 2 is 2.12 bits per heavy atom. The topological polar surface area (TPSA) is 28.2 Å². The number of nitrogens with zero attached hydrogens (tertiary/aromatic N) is 2. The molecule has 0 bridgehead atoms. The van der Waals surface area contributed by atoms with E-state index < -0.39 is 0 Å². The van der Waals surface area contributed by atoms with E-state index in [-0.39, 0.29) is 0 Å². The van der Waals surface area contributed by atoms with Crippen molar-refractivity contribution in [3.8, 4) is 0 Å². The van der Waals surface area contributed by atoms with Crippen LogP contribution in [0.25, 0.3) is 0 Å². The van der Waals surface area contributed by atoms with Gasteiger partial charge in [0.25, 0.3) is 0 Å². The summed E-state index contributed by atoms with van der Waals surface area (Å²) in [6, 6.07) is 4.93. The van der Waals surface area contributed by atoms with Crippen molar-refractivity contribution < 1.29 is 0 Å². The van der Waals surface area contributed by atoms with Crippen LogP contribution in [0.15, 0.2) is 24.5 Å². The van der Waals surface area contributed by atoms with E-state index in [1.165, 1.54) is 31.4 Å². The molecule has 0 amide bonds. The van der Waals surface area contributed by atoms with Crippen LogP contribution in [0, 0.1) is 0 Å². The average molecular weight is 219 g/mol. The number of hydrogen-bond acceptors (Lipinski definition) is 3. The standard InChI is InChI=1S/C13H21N3/c1-16(11-12-4-8-15-9-5-12)13-3-2-7-14-10-6-13/h4-5,8-9,13-14H,2-3,6-7,10-11H2,1H3. The smallest absolute Gasteiger partial charge is 0.0271 e. The highest BCUT2D eigenvalue weighted by molar-refractivity contribution is 5.09. The van der Waals surface area contributed by atoms with E-state index in [0.29, 0.717) is 0 Å². The van der Waals surface area contributed by atoms with Crippen LogP contribution in [0.5, 0.6) is 0 Å². The summed E-state index contributed by atoms with van der Waals surface area (Å²) in [5, 5.41) is 3.46. The first kappa shape index (κ1) is 11.6. The minimum atomic E-state index is 0.725. The molecular formula is C13H21N3. The summed E-state index contributed by atoms with van der Waals surface area (Å²) in [6.45, 7) is 3.37. The first-order valence-electron chi connectivity index (χ1n) is 6.16. The average Bonchev–Trinajstić information content (AvgIpc) is 2.59. The SMILES string of the molecule is CN(Cc1ccncc1)C1CCCNCC1. The van der Waals surface area contributed by atoms with Gasteiger partial charge in [-0.05, 0) is 57.1 Å². The summed E-state index contributed by atoms with van der Waals surface area (Å²) in [5.74, 6) is 0. The van der Waals surface area contributed by atoms with Crippen molar-refractivity contribution in [3.05, 3.63) is 30.1 Å². The minimum absolute atomic E-state index is 0.725. The van der Waals surface area contributed by atoms with Crippen LogP contribution >= 0.6 is 0 Å². The van der Waals surface area contributed by atoms with Crippen LogP contribution in [0.1, 0.15) is 24.8 Å². The van der Waals surface area contributed by atoms with Gasteiger partial charge >= 0.3 is 0 Å². The van der Waals surface area contributed by atoms with Gasteiger partial charge in [0.15, 0.2) is 0 Å². The second-order valence-electron chi connectivity index (χ2n) is 4.61. The molecule has 1 atom stereocenters. The normalized spacial score (nSPS) is 22.0. The molecule has 16 heavy (non-hydrogen) atoms. The number of pyridine rings is 1. The molecule has 1 unspecified atom stereocenters. The highest BCUT2D eigenvalue weighted by Gasteiger charge is 2.16. The molecule has 0 saturated carbocycles.